The first-order chi connectivity index (χ1) is 10.2. The zero-order valence-corrected chi connectivity index (χ0v) is 12.4. The van der Waals surface area contributed by atoms with Gasteiger partial charge in [-0.2, -0.15) is 0 Å². The average molecular weight is 323 g/mol. The summed E-state index contributed by atoms with van der Waals surface area (Å²) in [6, 6.07) is 15.6. The Labute approximate surface area is 132 Å². The zero-order chi connectivity index (χ0) is 15.1. The molecule has 2 rings (SSSR count). The maximum absolute atomic E-state index is 11.9. The van der Waals surface area contributed by atoms with E-state index in [1.165, 1.54) is 0 Å². The molecule has 4 nitrogen and oxygen atoms in total. The van der Waals surface area contributed by atoms with E-state index in [4.69, 9.17) is 27.9 Å². The largest absolute Gasteiger partial charge is 0.442 e. The van der Waals surface area contributed by atoms with Crippen molar-refractivity contribution in [3.05, 3.63) is 65.4 Å². The van der Waals surface area contributed by atoms with E-state index in [9.17, 15) is 4.79 Å². The highest BCUT2D eigenvalue weighted by Crippen LogP contribution is 2.27. The molecule has 2 aromatic carbocycles. The van der Waals surface area contributed by atoms with Crippen molar-refractivity contribution >= 4 is 40.6 Å². The van der Waals surface area contributed by atoms with Gasteiger partial charge in [0.2, 0.25) is 5.22 Å². The van der Waals surface area contributed by atoms with Gasteiger partial charge in [0.15, 0.2) is 5.75 Å². The smallest absolute Gasteiger partial charge is 0.323 e. The molecule has 108 valence electrons. The lowest BCUT2D eigenvalue weighted by atomic mass is 10.3. The number of anilines is 2. The number of nitrogens with one attached hydrogen (secondary N) is 2. The number of rotatable bonds is 4. The second-order valence-corrected chi connectivity index (χ2v) is 4.55. The number of amides is 2. The summed E-state index contributed by atoms with van der Waals surface area (Å²) >= 11 is 11.2. The number of carbonyl (C=O) groups is 1. The normalized spacial score (nSPS) is 10.9. The van der Waals surface area contributed by atoms with Crippen LogP contribution in [0.15, 0.2) is 65.4 Å². The van der Waals surface area contributed by atoms with Crippen molar-refractivity contribution < 1.29 is 9.53 Å². The molecule has 0 aliphatic rings. The van der Waals surface area contributed by atoms with E-state index < -0.39 is 0 Å². The van der Waals surface area contributed by atoms with Gasteiger partial charge in [0.05, 0.1) is 11.2 Å². The van der Waals surface area contributed by atoms with E-state index in [-0.39, 0.29) is 11.2 Å². The standard InChI is InChI=1S/C15H12Cl2N2O2/c16-10-14(17)21-13-9-5-4-8-12(13)19-15(20)18-11-6-2-1-3-7-11/h1-10H,(H2,18,19,20). The fourth-order valence-corrected chi connectivity index (χ4v) is 1.72. The lowest BCUT2D eigenvalue weighted by Crippen LogP contribution is -2.19. The number of hydrogen-bond acceptors (Lipinski definition) is 2. The van der Waals surface area contributed by atoms with Crippen LogP contribution in [0.5, 0.6) is 5.75 Å². The Hall–Kier alpha value is -2.17. The van der Waals surface area contributed by atoms with Gasteiger partial charge >= 0.3 is 6.03 Å². The molecule has 0 atom stereocenters. The number of urea groups is 1. The van der Waals surface area contributed by atoms with E-state index in [2.05, 4.69) is 10.6 Å². The SMILES string of the molecule is O=C(Nc1ccccc1)Nc1ccccc1OC(Cl)=CCl. The van der Waals surface area contributed by atoms with Crippen LogP contribution in [0.3, 0.4) is 0 Å². The van der Waals surface area contributed by atoms with Crippen molar-refractivity contribution in [2.45, 2.75) is 0 Å². The van der Waals surface area contributed by atoms with Crippen molar-refractivity contribution in [1.82, 2.24) is 0 Å². The van der Waals surface area contributed by atoms with Crippen molar-refractivity contribution in [3.63, 3.8) is 0 Å². The molecule has 0 bridgehead atoms. The first-order valence-electron chi connectivity index (χ1n) is 6.05. The van der Waals surface area contributed by atoms with E-state index in [0.29, 0.717) is 17.1 Å². The van der Waals surface area contributed by atoms with Gasteiger partial charge < -0.3 is 15.4 Å². The molecule has 2 amide bonds. The Balaban J connectivity index is 2.07. The first kappa shape index (κ1) is 15.2. The second kappa shape index (κ2) is 7.57. The van der Waals surface area contributed by atoms with Crippen molar-refractivity contribution in [2.75, 3.05) is 10.6 Å². The van der Waals surface area contributed by atoms with Crippen LogP contribution in [0.2, 0.25) is 0 Å². The Morgan fingerprint density at radius 1 is 1.00 bits per heavy atom. The van der Waals surface area contributed by atoms with Crippen LogP contribution < -0.4 is 15.4 Å². The quantitative estimate of drug-likeness (QED) is 0.779. The van der Waals surface area contributed by atoms with Crippen molar-refractivity contribution in [2.24, 2.45) is 0 Å². The highest BCUT2D eigenvalue weighted by molar-refractivity contribution is 6.35. The molecule has 2 N–H and O–H groups in total. The maximum atomic E-state index is 11.9. The summed E-state index contributed by atoms with van der Waals surface area (Å²) in [4.78, 5) is 11.9. The molecular formula is C15H12Cl2N2O2. The van der Waals surface area contributed by atoms with Crippen LogP contribution in [0.4, 0.5) is 16.2 Å². The Kier molecular flexibility index (Phi) is 5.49. The topological polar surface area (TPSA) is 50.4 Å². The molecule has 21 heavy (non-hydrogen) atoms. The number of halogens is 2. The molecule has 0 aromatic heterocycles. The van der Waals surface area contributed by atoms with Crippen LogP contribution in [0.1, 0.15) is 0 Å². The van der Waals surface area contributed by atoms with E-state index in [0.717, 1.165) is 5.54 Å². The lowest BCUT2D eigenvalue weighted by molar-refractivity contribution is 0.262. The molecule has 0 aliphatic heterocycles. The number of para-hydroxylation sites is 3. The molecule has 6 heteroatoms. The second-order valence-electron chi connectivity index (χ2n) is 3.96. The summed E-state index contributed by atoms with van der Waals surface area (Å²) in [5.74, 6) is 0.391. The van der Waals surface area contributed by atoms with Gasteiger partial charge in [-0.25, -0.2) is 4.79 Å². The Morgan fingerprint density at radius 3 is 2.38 bits per heavy atom. The predicted molar refractivity (Wildman–Crippen MR) is 85.9 cm³/mol. The summed E-state index contributed by atoms with van der Waals surface area (Å²) in [5, 5.41) is 5.40. The van der Waals surface area contributed by atoms with Gasteiger partial charge in [-0.15, -0.1) is 0 Å². The number of benzene rings is 2. The molecule has 0 saturated heterocycles. The third kappa shape index (κ3) is 4.70. The summed E-state index contributed by atoms with van der Waals surface area (Å²) in [6.45, 7) is 0. The fraction of sp³-hybridized carbons (Fsp3) is 0. The lowest BCUT2D eigenvalue weighted by Gasteiger charge is -2.12. The van der Waals surface area contributed by atoms with E-state index in [1.807, 2.05) is 18.2 Å². The first-order valence-corrected chi connectivity index (χ1v) is 6.86. The monoisotopic (exact) mass is 322 g/mol. The van der Waals surface area contributed by atoms with E-state index >= 15 is 0 Å². The van der Waals surface area contributed by atoms with Gasteiger partial charge in [-0.05, 0) is 35.9 Å². The predicted octanol–water partition coefficient (Wildman–Crippen LogP) is 4.99. The van der Waals surface area contributed by atoms with Gasteiger partial charge in [0.1, 0.15) is 0 Å². The Morgan fingerprint density at radius 2 is 1.67 bits per heavy atom. The number of ether oxygens (including phenoxy) is 1. The summed E-state index contributed by atoms with van der Waals surface area (Å²) in [6.07, 6.45) is 0. The number of carbonyl (C=O) groups excluding carboxylic acids is 1. The summed E-state index contributed by atoms with van der Waals surface area (Å²) < 4.78 is 5.30. The molecule has 0 aliphatic carbocycles. The van der Waals surface area contributed by atoms with Crippen molar-refractivity contribution in [1.29, 1.82) is 0 Å². The van der Waals surface area contributed by atoms with Gasteiger partial charge in [-0.1, -0.05) is 41.9 Å². The highest BCUT2D eigenvalue weighted by Gasteiger charge is 2.08. The molecule has 0 fully saturated rings. The third-order valence-corrected chi connectivity index (χ3v) is 2.96. The van der Waals surface area contributed by atoms with Gasteiger partial charge in [0.25, 0.3) is 0 Å². The van der Waals surface area contributed by atoms with Crippen LogP contribution >= 0.6 is 23.2 Å². The molecule has 0 radical (unpaired) electrons. The molecular weight excluding hydrogens is 311 g/mol. The van der Waals surface area contributed by atoms with Crippen LogP contribution in [-0.4, -0.2) is 6.03 Å². The zero-order valence-electron chi connectivity index (χ0n) is 10.8. The molecule has 0 spiro atoms. The minimum Gasteiger partial charge on any atom is -0.442 e. The highest BCUT2D eigenvalue weighted by atomic mass is 35.5. The minimum absolute atomic E-state index is 0.00869. The van der Waals surface area contributed by atoms with Gasteiger partial charge in [-0.3, -0.25) is 0 Å². The minimum atomic E-state index is -0.386. The maximum Gasteiger partial charge on any atom is 0.323 e. The number of hydrogen-bond donors (Lipinski definition) is 2. The summed E-state index contributed by atoms with van der Waals surface area (Å²) in [7, 11) is 0. The third-order valence-electron chi connectivity index (χ3n) is 2.46. The Bertz CT molecular complexity index is 645. The fourth-order valence-electron chi connectivity index (χ4n) is 1.59. The average Bonchev–Trinajstić information content (AvgIpc) is 2.50. The molecule has 0 unspecified atom stereocenters. The van der Waals surface area contributed by atoms with Crippen LogP contribution in [0.25, 0.3) is 0 Å². The molecule has 2 aromatic rings. The molecule has 0 heterocycles. The van der Waals surface area contributed by atoms with Crippen molar-refractivity contribution in [3.8, 4) is 5.75 Å². The van der Waals surface area contributed by atoms with E-state index in [1.54, 1.807) is 36.4 Å². The van der Waals surface area contributed by atoms with Crippen LogP contribution in [-0.2, 0) is 0 Å². The van der Waals surface area contributed by atoms with Gasteiger partial charge in [0, 0.05) is 5.69 Å². The summed E-state index contributed by atoms with van der Waals surface area (Å²) in [5.41, 5.74) is 2.26. The van der Waals surface area contributed by atoms with Crippen LogP contribution in [0, 0.1) is 0 Å². The molecule has 0 saturated carbocycles.